The average molecular weight is 333 g/mol. The Balaban J connectivity index is 1.40. The van der Waals surface area contributed by atoms with Crippen LogP contribution < -0.4 is 5.32 Å². The number of carbonyl (C=O) groups excluding carboxylic acids is 1. The first-order valence-electron chi connectivity index (χ1n) is 7.77. The largest absolute Gasteiger partial charge is 0.380 e. The number of likely N-dealkylation sites (tertiary alicyclic amines) is 1. The van der Waals surface area contributed by atoms with Crippen LogP contribution >= 0.6 is 11.3 Å². The minimum Gasteiger partial charge on any atom is -0.380 e. The van der Waals surface area contributed by atoms with Gasteiger partial charge in [-0.25, -0.2) is 0 Å². The van der Waals surface area contributed by atoms with Crippen LogP contribution in [0.3, 0.4) is 0 Å². The van der Waals surface area contributed by atoms with Crippen LogP contribution in [0, 0.1) is 11.3 Å². The molecule has 23 heavy (non-hydrogen) atoms. The molecule has 1 amide bonds. The summed E-state index contributed by atoms with van der Waals surface area (Å²) >= 11 is 1.79. The Morgan fingerprint density at radius 3 is 3.26 bits per heavy atom. The van der Waals surface area contributed by atoms with Gasteiger partial charge in [-0.15, -0.1) is 11.3 Å². The first kappa shape index (κ1) is 14.9. The van der Waals surface area contributed by atoms with Crippen molar-refractivity contribution in [1.82, 2.24) is 15.4 Å². The quantitative estimate of drug-likeness (QED) is 0.900. The predicted molar refractivity (Wildman–Crippen MR) is 85.2 cm³/mol. The van der Waals surface area contributed by atoms with Gasteiger partial charge in [0.25, 0.3) is 5.91 Å². The van der Waals surface area contributed by atoms with Crippen molar-refractivity contribution >= 4 is 17.2 Å². The number of rotatable bonds is 5. The number of nitrogens with zero attached hydrogens (tertiary/aromatic N) is 2. The Morgan fingerprint density at radius 2 is 2.48 bits per heavy atom. The van der Waals surface area contributed by atoms with Crippen molar-refractivity contribution in [1.29, 1.82) is 0 Å². The standard InChI is InChI=1S/C16H19N3O3S/c20-15(14-3-4-18-22-14)17-9-16-10-19(6-12(16)8-21-11-16)7-13-2-1-5-23-13/h1-5,12H,6-11H2,(H,17,20)/t12-,16+/m0/s1. The molecule has 2 aromatic heterocycles. The summed E-state index contributed by atoms with van der Waals surface area (Å²) in [6.45, 7) is 5.04. The molecule has 122 valence electrons. The molecule has 2 fully saturated rings. The molecule has 0 spiro atoms. The van der Waals surface area contributed by atoms with E-state index < -0.39 is 0 Å². The summed E-state index contributed by atoms with van der Waals surface area (Å²) in [6.07, 6.45) is 1.48. The highest BCUT2D eigenvalue weighted by Gasteiger charge is 2.50. The third-order valence-electron chi connectivity index (χ3n) is 4.81. The summed E-state index contributed by atoms with van der Waals surface area (Å²) < 4.78 is 10.6. The van der Waals surface area contributed by atoms with Gasteiger partial charge < -0.3 is 14.6 Å². The molecule has 2 aliphatic heterocycles. The van der Waals surface area contributed by atoms with Crippen LogP contribution in [0.1, 0.15) is 15.4 Å². The van der Waals surface area contributed by atoms with Gasteiger partial charge in [-0.2, -0.15) is 0 Å². The Kier molecular flexibility index (Phi) is 3.92. The molecule has 4 heterocycles. The molecule has 2 saturated heterocycles. The summed E-state index contributed by atoms with van der Waals surface area (Å²) in [5.74, 6) is 0.516. The van der Waals surface area contributed by atoms with Gasteiger partial charge in [-0.1, -0.05) is 11.2 Å². The summed E-state index contributed by atoms with van der Waals surface area (Å²) in [6, 6.07) is 5.84. The van der Waals surface area contributed by atoms with E-state index in [1.54, 1.807) is 17.4 Å². The van der Waals surface area contributed by atoms with Gasteiger partial charge in [0.15, 0.2) is 0 Å². The summed E-state index contributed by atoms with van der Waals surface area (Å²) in [4.78, 5) is 15.9. The van der Waals surface area contributed by atoms with E-state index in [1.165, 1.54) is 11.1 Å². The normalized spacial score (nSPS) is 27.2. The molecule has 0 saturated carbocycles. The molecule has 7 heteroatoms. The van der Waals surface area contributed by atoms with Gasteiger partial charge >= 0.3 is 0 Å². The van der Waals surface area contributed by atoms with Crippen LogP contribution in [0.5, 0.6) is 0 Å². The third-order valence-corrected chi connectivity index (χ3v) is 5.67. The molecule has 0 aromatic carbocycles. The smallest absolute Gasteiger partial charge is 0.289 e. The lowest BCUT2D eigenvalue weighted by Gasteiger charge is -2.27. The summed E-state index contributed by atoms with van der Waals surface area (Å²) in [7, 11) is 0. The van der Waals surface area contributed by atoms with Crippen LogP contribution in [0.2, 0.25) is 0 Å². The number of ether oxygens (including phenoxy) is 1. The molecule has 0 radical (unpaired) electrons. The zero-order chi connectivity index (χ0) is 15.7. The SMILES string of the molecule is O=C(NC[C@@]12COC[C@@H]1CN(Cc1cccs1)C2)c1ccno1. The molecule has 2 aromatic rings. The molecule has 4 rings (SSSR count). The van der Waals surface area contributed by atoms with Gasteiger partial charge in [0.1, 0.15) is 0 Å². The highest BCUT2D eigenvalue weighted by molar-refractivity contribution is 7.09. The lowest BCUT2D eigenvalue weighted by atomic mass is 9.81. The van der Waals surface area contributed by atoms with E-state index in [4.69, 9.17) is 9.26 Å². The number of amides is 1. The molecule has 0 aliphatic carbocycles. The molecular weight excluding hydrogens is 314 g/mol. The predicted octanol–water partition coefficient (Wildman–Crippen LogP) is 1.61. The molecule has 1 N–H and O–H groups in total. The van der Waals surface area contributed by atoms with Crippen molar-refractivity contribution in [2.45, 2.75) is 6.54 Å². The lowest BCUT2D eigenvalue weighted by molar-refractivity contribution is 0.0869. The summed E-state index contributed by atoms with van der Waals surface area (Å²) in [5.41, 5.74) is 0.00689. The fraction of sp³-hybridized carbons (Fsp3) is 0.500. The number of nitrogens with one attached hydrogen (secondary N) is 1. The van der Waals surface area contributed by atoms with Crippen molar-refractivity contribution in [3.8, 4) is 0 Å². The third kappa shape index (κ3) is 2.91. The number of aromatic nitrogens is 1. The number of hydrogen-bond acceptors (Lipinski definition) is 6. The number of hydrogen-bond donors (Lipinski definition) is 1. The van der Waals surface area contributed by atoms with Crippen LogP contribution in [-0.2, 0) is 11.3 Å². The monoisotopic (exact) mass is 333 g/mol. The van der Waals surface area contributed by atoms with E-state index in [2.05, 4.69) is 32.9 Å². The minimum atomic E-state index is -0.209. The van der Waals surface area contributed by atoms with Gasteiger partial charge in [0.05, 0.1) is 19.4 Å². The lowest BCUT2D eigenvalue weighted by Crippen LogP contribution is -2.43. The molecule has 0 bridgehead atoms. The topological polar surface area (TPSA) is 67.6 Å². The van der Waals surface area contributed by atoms with Crippen molar-refractivity contribution in [3.05, 3.63) is 40.4 Å². The number of fused-ring (bicyclic) bond motifs is 1. The van der Waals surface area contributed by atoms with E-state index in [0.717, 1.165) is 26.2 Å². The first-order valence-corrected chi connectivity index (χ1v) is 8.64. The molecule has 6 nitrogen and oxygen atoms in total. The van der Waals surface area contributed by atoms with Gasteiger partial charge in [-0.3, -0.25) is 9.69 Å². The minimum absolute atomic E-state index is 0.00689. The maximum absolute atomic E-state index is 12.1. The highest BCUT2D eigenvalue weighted by Crippen LogP contribution is 2.41. The van der Waals surface area contributed by atoms with E-state index >= 15 is 0 Å². The molecule has 2 aliphatic rings. The fourth-order valence-corrected chi connectivity index (χ4v) is 4.36. The average Bonchev–Trinajstić information content (AvgIpc) is 3.29. The second-order valence-corrected chi connectivity index (χ2v) is 7.42. The maximum Gasteiger partial charge on any atom is 0.289 e. The first-order chi connectivity index (χ1) is 11.3. The van der Waals surface area contributed by atoms with Crippen molar-refractivity contribution < 1.29 is 14.1 Å². The van der Waals surface area contributed by atoms with E-state index in [9.17, 15) is 4.79 Å². The zero-order valence-electron chi connectivity index (χ0n) is 12.7. The Hall–Kier alpha value is -1.70. The maximum atomic E-state index is 12.1. The Bertz CT molecular complexity index is 658. The molecule has 2 atom stereocenters. The fourth-order valence-electron chi connectivity index (χ4n) is 3.61. The van der Waals surface area contributed by atoms with E-state index in [-0.39, 0.29) is 17.1 Å². The van der Waals surface area contributed by atoms with Crippen molar-refractivity contribution in [2.75, 3.05) is 32.8 Å². The van der Waals surface area contributed by atoms with Crippen LogP contribution in [0.15, 0.2) is 34.3 Å². The van der Waals surface area contributed by atoms with Crippen LogP contribution in [-0.4, -0.2) is 48.8 Å². The van der Waals surface area contributed by atoms with E-state index in [0.29, 0.717) is 19.1 Å². The van der Waals surface area contributed by atoms with Gasteiger partial charge in [-0.05, 0) is 11.4 Å². The van der Waals surface area contributed by atoms with E-state index in [1.807, 2.05) is 0 Å². The Morgan fingerprint density at radius 1 is 1.52 bits per heavy atom. The zero-order valence-corrected chi connectivity index (χ0v) is 13.6. The second kappa shape index (κ2) is 6.07. The van der Waals surface area contributed by atoms with Crippen molar-refractivity contribution in [2.24, 2.45) is 11.3 Å². The van der Waals surface area contributed by atoms with Crippen LogP contribution in [0.25, 0.3) is 0 Å². The Labute approximate surface area is 138 Å². The molecule has 0 unspecified atom stereocenters. The van der Waals surface area contributed by atoms with Crippen LogP contribution in [0.4, 0.5) is 0 Å². The number of thiophene rings is 1. The summed E-state index contributed by atoms with van der Waals surface area (Å²) in [5, 5.41) is 8.68. The molecular formula is C16H19N3O3S. The van der Waals surface area contributed by atoms with Gasteiger partial charge in [0, 0.05) is 48.5 Å². The van der Waals surface area contributed by atoms with Gasteiger partial charge in [0.2, 0.25) is 5.76 Å². The van der Waals surface area contributed by atoms with Crippen molar-refractivity contribution in [3.63, 3.8) is 0 Å². The second-order valence-electron chi connectivity index (χ2n) is 6.38. The number of carbonyl (C=O) groups is 1. The highest BCUT2D eigenvalue weighted by atomic mass is 32.1.